The number of hydrogen-bond acceptors (Lipinski definition) is 5. The summed E-state index contributed by atoms with van der Waals surface area (Å²) in [5.74, 6) is -1.25. The number of aromatic nitrogens is 1. The molecule has 0 fully saturated rings. The Morgan fingerprint density at radius 2 is 1.96 bits per heavy atom. The first-order valence-corrected chi connectivity index (χ1v) is 9.13. The van der Waals surface area contributed by atoms with Gasteiger partial charge in [0.25, 0.3) is 10.0 Å². The van der Waals surface area contributed by atoms with E-state index in [4.69, 9.17) is 16.3 Å². The second kappa shape index (κ2) is 7.79. The minimum atomic E-state index is -4.13. The number of rotatable bonds is 6. The molecule has 2 rings (SSSR count). The van der Waals surface area contributed by atoms with E-state index in [1.807, 2.05) is 0 Å². The van der Waals surface area contributed by atoms with Crippen molar-refractivity contribution in [1.82, 2.24) is 4.98 Å². The van der Waals surface area contributed by atoms with Crippen LogP contribution in [0.2, 0.25) is 5.15 Å². The lowest BCUT2D eigenvalue weighted by atomic mass is 10.3. The van der Waals surface area contributed by atoms with Crippen molar-refractivity contribution in [1.29, 1.82) is 0 Å². The van der Waals surface area contributed by atoms with Gasteiger partial charge in [-0.1, -0.05) is 11.6 Å². The van der Waals surface area contributed by atoms with Crippen LogP contribution in [0.5, 0.6) is 0 Å². The summed E-state index contributed by atoms with van der Waals surface area (Å²) in [5.41, 5.74) is 0.597. The van der Waals surface area contributed by atoms with Crippen molar-refractivity contribution in [2.75, 3.05) is 17.5 Å². The fourth-order valence-corrected chi connectivity index (χ4v) is 3.59. The van der Waals surface area contributed by atoms with Crippen molar-refractivity contribution in [3.05, 3.63) is 53.1 Å². The highest BCUT2D eigenvalue weighted by molar-refractivity contribution is 7.92. The predicted octanol–water partition coefficient (Wildman–Crippen LogP) is 2.94. The number of hydrogen-bond donors (Lipinski definition) is 0. The van der Waals surface area contributed by atoms with Gasteiger partial charge < -0.3 is 4.74 Å². The van der Waals surface area contributed by atoms with E-state index in [0.717, 1.165) is 22.6 Å². The second-order valence-corrected chi connectivity index (χ2v) is 7.29. The highest BCUT2D eigenvalue weighted by atomic mass is 35.5. The van der Waals surface area contributed by atoms with Crippen molar-refractivity contribution in [3.63, 3.8) is 0 Å². The molecule has 0 aliphatic rings. The van der Waals surface area contributed by atoms with Crippen molar-refractivity contribution >= 4 is 33.3 Å². The molecule has 0 N–H and O–H groups in total. The molecule has 2 aromatic rings. The summed E-state index contributed by atoms with van der Waals surface area (Å²) in [6.07, 6.45) is 1.10. The second-order valence-electron chi connectivity index (χ2n) is 5.07. The smallest absolute Gasteiger partial charge is 0.326 e. The van der Waals surface area contributed by atoms with E-state index < -0.39 is 28.4 Å². The normalized spacial score (nSPS) is 11.2. The van der Waals surface area contributed by atoms with Crippen LogP contribution in [0.25, 0.3) is 0 Å². The average Bonchev–Trinajstić information content (AvgIpc) is 2.56. The summed E-state index contributed by atoms with van der Waals surface area (Å²) in [6, 6.07) is 6.10. The van der Waals surface area contributed by atoms with E-state index in [1.54, 1.807) is 13.8 Å². The summed E-state index contributed by atoms with van der Waals surface area (Å²) < 4.78 is 44.8. The summed E-state index contributed by atoms with van der Waals surface area (Å²) >= 11 is 5.83. The Hall–Kier alpha value is -2.19. The molecule has 6 nitrogen and oxygen atoms in total. The standard InChI is InChI=1S/C16H16ClFN2O4S/c1-3-24-15(21)10-20(13-6-4-12(18)5-7-13)25(22,23)14-8-11(2)16(17)19-9-14/h4-9H,3,10H2,1-2H3. The molecule has 0 radical (unpaired) electrons. The van der Waals surface area contributed by atoms with Crippen LogP contribution < -0.4 is 4.31 Å². The molecule has 1 aromatic heterocycles. The number of carbonyl (C=O) groups is 1. The molecule has 0 atom stereocenters. The molecule has 0 aliphatic carbocycles. The molecule has 0 spiro atoms. The van der Waals surface area contributed by atoms with E-state index in [1.165, 1.54) is 18.2 Å². The Bertz CT molecular complexity index is 872. The first-order chi connectivity index (χ1) is 11.8. The van der Waals surface area contributed by atoms with Crippen LogP contribution in [0, 0.1) is 12.7 Å². The Balaban J connectivity index is 2.50. The van der Waals surface area contributed by atoms with Crippen molar-refractivity contribution < 1.29 is 22.3 Å². The minimum absolute atomic E-state index is 0.109. The number of benzene rings is 1. The summed E-state index contributed by atoms with van der Waals surface area (Å²) in [4.78, 5) is 15.6. The van der Waals surface area contributed by atoms with Crippen LogP contribution >= 0.6 is 11.6 Å². The first kappa shape index (κ1) is 19.1. The SMILES string of the molecule is CCOC(=O)CN(c1ccc(F)cc1)S(=O)(=O)c1cnc(Cl)c(C)c1. The molecule has 0 unspecified atom stereocenters. The molecule has 0 saturated carbocycles. The van der Waals surface area contributed by atoms with Crippen LogP contribution in [-0.2, 0) is 19.6 Å². The third kappa shape index (κ3) is 4.46. The van der Waals surface area contributed by atoms with E-state index in [2.05, 4.69) is 4.98 Å². The fraction of sp³-hybridized carbons (Fsp3) is 0.250. The van der Waals surface area contributed by atoms with E-state index in [-0.39, 0.29) is 22.3 Å². The number of esters is 1. The van der Waals surface area contributed by atoms with Gasteiger partial charge in [0, 0.05) is 6.20 Å². The molecular formula is C16H16ClFN2O4S. The van der Waals surface area contributed by atoms with Crippen molar-refractivity contribution in [3.8, 4) is 0 Å². The average molecular weight is 387 g/mol. The Kier molecular flexibility index (Phi) is 5.97. The lowest BCUT2D eigenvalue weighted by Crippen LogP contribution is -2.36. The van der Waals surface area contributed by atoms with Crippen molar-refractivity contribution in [2.45, 2.75) is 18.7 Å². The highest BCUT2D eigenvalue weighted by Gasteiger charge is 2.28. The van der Waals surface area contributed by atoms with Crippen LogP contribution in [0.3, 0.4) is 0 Å². The van der Waals surface area contributed by atoms with Gasteiger partial charge in [-0.2, -0.15) is 0 Å². The molecular weight excluding hydrogens is 371 g/mol. The van der Waals surface area contributed by atoms with Gasteiger partial charge in [0.2, 0.25) is 0 Å². The maximum absolute atomic E-state index is 13.2. The number of carbonyl (C=O) groups excluding carboxylic acids is 1. The Morgan fingerprint density at radius 3 is 2.52 bits per heavy atom. The van der Waals surface area contributed by atoms with E-state index >= 15 is 0 Å². The number of ether oxygens (including phenoxy) is 1. The Morgan fingerprint density at radius 1 is 1.32 bits per heavy atom. The monoisotopic (exact) mass is 386 g/mol. The van der Waals surface area contributed by atoms with Crippen LogP contribution in [0.1, 0.15) is 12.5 Å². The minimum Gasteiger partial charge on any atom is -0.465 e. The van der Waals surface area contributed by atoms with Crippen LogP contribution in [0.4, 0.5) is 10.1 Å². The number of pyridine rings is 1. The Labute approximate surface area is 150 Å². The van der Waals surface area contributed by atoms with Gasteiger partial charge in [0.05, 0.1) is 12.3 Å². The zero-order valence-corrected chi connectivity index (χ0v) is 15.1. The zero-order chi connectivity index (χ0) is 18.6. The first-order valence-electron chi connectivity index (χ1n) is 7.31. The lowest BCUT2D eigenvalue weighted by molar-refractivity contribution is -0.141. The van der Waals surface area contributed by atoms with Crippen LogP contribution in [0.15, 0.2) is 41.4 Å². The van der Waals surface area contributed by atoms with Gasteiger partial charge in [0.15, 0.2) is 0 Å². The summed E-state index contributed by atoms with van der Waals surface area (Å²) in [7, 11) is -4.13. The molecule has 0 amide bonds. The number of halogens is 2. The van der Waals surface area contributed by atoms with Crippen LogP contribution in [-0.4, -0.2) is 32.5 Å². The molecule has 1 aromatic carbocycles. The summed E-state index contributed by atoms with van der Waals surface area (Å²) in [6.45, 7) is 2.78. The maximum atomic E-state index is 13.2. The zero-order valence-electron chi connectivity index (χ0n) is 13.6. The predicted molar refractivity (Wildman–Crippen MR) is 91.5 cm³/mol. The van der Waals surface area contributed by atoms with Gasteiger partial charge in [-0.15, -0.1) is 0 Å². The van der Waals surface area contributed by atoms with Gasteiger partial charge in [-0.05, 0) is 49.7 Å². The molecule has 134 valence electrons. The lowest BCUT2D eigenvalue weighted by Gasteiger charge is -2.23. The number of anilines is 1. The quantitative estimate of drug-likeness (QED) is 0.563. The van der Waals surface area contributed by atoms with E-state index in [9.17, 15) is 17.6 Å². The van der Waals surface area contributed by atoms with Gasteiger partial charge in [0.1, 0.15) is 22.4 Å². The fourth-order valence-electron chi connectivity index (χ4n) is 2.05. The third-order valence-corrected chi connectivity index (χ3v) is 5.40. The van der Waals surface area contributed by atoms with Gasteiger partial charge in [-0.25, -0.2) is 17.8 Å². The molecule has 1 heterocycles. The highest BCUT2D eigenvalue weighted by Crippen LogP contribution is 2.25. The molecule has 25 heavy (non-hydrogen) atoms. The number of sulfonamides is 1. The molecule has 0 aliphatic heterocycles. The molecule has 9 heteroatoms. The maximum Gasteiger partial charge on any atom is 0.326 e. The largest absolute Gasteiger partial charge is 0.465 e. The van der Waals surface area contributed by atoms with Gasteiger partial charge in [-0.3, -0.25) is 9.10 Å². The van der Waals surface area contributed by atoms with Crippen molar-refractivity contribution in [2.24, 2.45) is 0 Å². The number of nitrogens with zero attached hydrogens (tertiary/aromatic N) is 2. The topological polar surface area (TPSA) is 76.6 Å². The third-order valence-electron chi connectivity index (χ3n) is 3.27. The van der Waals surface area contributed by atoms with E-state index in [0.29, 0.717) is 5.56 Å². The molecule has 0 bridgehead atoms. The summed E-state index contributed by atoms with van der Waals surface area (Å²) in [5, 5.41) is 0.178. The molecule has 0 saturated heterocycles. The van der Waals surface area contributed by atoms with Gasteiger partial charge >= 0.3 is 5.97 Å². The number of aryl methyl sites for hydroxylation is 1.